The monoisotopic (exact) mass is 499 g/mol. The Morgan fingerprint density at radius 2 is 2.06 bits per heavy atom. The third-order valence-corrected chi connectivity index (χ3v) is 7.37. The summed E-state index contributed by atoms with van der Waals surface area (Å²) in [6.07, 6.45) is 0.316. The zero-order chi connectivity index (χ0) is 21.5. The van der Waals surface area contributed by atoms with Crippen LogP contribution >= 0.6 is 27.3 Å². The van der Waals surface area contributed by atoms with E-state index < -0.39 is 6.17 Å². The summed E-state index contributed by atoms with van der Waals surface area (Å²) >= 11 is 5.08. The van der Waals surface area contributed by atoms with Crippen molar-refractivity contribution in [2.75, 3.05) is 19.0 Å². The molecule has 0 bridgehead atoms. The van der Waals surface area contributed by atoms with E-state index >= 15 is 0 Å². The predicted octanol–water partition coefficient (Wildman–Crippen LogP) is 4.64. The number of nitrogens with one attached hydrogen (secondary N) is 2. The molecule has 2 aliphatic heterocycles. The zero-order valence-electron chi connectivity index (χ0n) is 16.9. The minimum absolute atomic E-state index is 0.0160. The van der Waals surface area contributed by atoms with E-state index in [1.807, 2.05) is 6.07 Å². The number of ether oxygens (including phenoxy) is 1. The van der Waals surface area contributed by atoms with Crippen molar-refractivity contribution in [3.8, 4) is 11.5 Å². The minimum atomic E-state index is -0.535. The molecule has 8 heteroatoms. The van der Waals surface area contributed by atoms with Crippen LogP contribution in [0.5, 0.6) is 11.5 Å². The standard InChI is InChI=1S/C23H22BrN3O3S/c1-30-17-10-14(24)9-16(20(17)28)21-25-22(29)19-15-7-8-27(11-13-5-3-2-4-6-13)12-18(15)31-23(19)26-21/h2-6,9-10,21,26,28H,7-8,11-12H2,1H3,(H,25,29). The minimum Gasteiger partial charge on any atom is -0.504 e. The molecule has 160 valence electrons. The molecule has 3 aromatic rings. The fraction of sp³-hybridized carbons (Fsp3) is 0.261. The average Bonchev–Trinajstić information content (AvgIpc) is 3.13. The molecule has 5 rings (SSSR count). The van der Waals surface area contributed by atoms with Gasteiger partial charge in [-0.2, -0.15) is 0 Å². The highest BCUT2D eigenvalue weighted by molar-refractivity contribution is 9.10. The van der Waals surface area contributed by atoms with Crippen LogP contribution in [0, 0.1) is 0 Å². The first-order valence-corrected chi connectivity index (χ1v) is 11.7. The van der Waals surface area contributed by atoms with Crippen molar-refractivity contribution in [1.29, 1.82) is 0 Å². The lowest BCUT2D eigenvalue weighted by Gasteiger charge is -2.29. The first-order valence-electron chi connectivity index (χ1n) is 10.1. The van der Waals surface area contributed by atoms with Gasteiger partial charge in [0.15, 0.2) is 11.5 Å². The summed E-state index contributed by atoms with van der Waals surface area (Å²) in [5.74, 6) is 0.265. The van der Waals surface area contributed by atoms with Crippen LogP contribution in [-0.4, -0.2) is 29.6 Å². The number of aromatic hydroxyl groups is 1. The van der Waals surface area contributed by atoms with Gasteiger partial charge in [0.1, 0.15) is 11.2 Å². The highest BCUT2D eigenvalue weighted by atomic mass is 79.9. The maximum absolute atomic E-state index is 13.0. The SMILES string of the molecule is COc1cc(Br)cc(C2NC(=O)c3c(sc4c3CCN(Cc3ccccc3)C4)N2)c1O. The van der Waals surface area contributed by atoms with E-state index in [0.717, 1.165) is 46.7 Å². The molecule has 3 heterocycles. The molecule has 31 heavy (non-hydrogen) atoms. The molecule has 0 spiro atoms. The first-order chi connectivity index (χ1) is 15.0. The largest absolute Gasteiger partial charge is 0.504 e. The molecule has 6 nitrogen and oxygen atoms in total. The van der Waals surface area contributed by atoms with Gasteiger partial charge in [-0.25, -0.2) is 0 Å². The van der Waals surface area contributed by atoms with Gasteiger partial charge in [0, 0.05) is 34.5 Å². The van der Waals surface area contributed by atoms with Crippen LogP contribution in [0.2, 0.25) is 0 Å². The van der Waals surface area contributed by atoms with Gasteiger partial charge in [-0.15, -0.1) is 11.3 Å². The second-order valence-corrected chi connectivity index (χ2v) is 9.77. The summed E-state index contributed by atoms with van der Waals surface area (Å²) in [5, 5.41) is 17.9. The predicted molar refractivity (Wildman–Crippen MR) is 125 cm³/mol. The Morgan fingerprint density at radius 1 is 1.26 bits per heavy atom. The Kier molecular flexibility index (Phi) is 5.37. The molecular weight excluding hydrogens is 478 g/mol. The normalized spacial score (nSPS) is 18.0. The maximum Gasteiger partial charge on any atom is 0.256 e. The highest BCUT2D eigenvalue weighted by Crippen LogP contribution is 2.43. The van der Waals surface area contributed by atoms with Gasteiger partial charge in [0.2, 0.25) is 0 Å². The number of nitrogens with zero attached hydrogens (tertiary/aromatic N) is 1. The summed E-state index contributed by atoms with van der Waals surface area (Å²) in [6, 6.07) is 13.9. The Balaban J connectivity index is 1.41. The number of phenols is 1. The van der Waals surface area contributed by atoms with Gasteiger partial charge in [-0.05, 0) is 29.7 Å². The van der Waals surface area contributed by atoms with E-state index in [1.54, 1.807) is 23.5 Å². The number of fused-ring (bicyclic) bond motifs is 3. The number of carbonyl (C=O) groups is 1. The van der Waals surface area contributed by atoms with Crippen LogP contribution in [0.15, 0.2) is 46.9 Å². The summed E-state index contributed by atoms with van der Waals surface area (Å²) in [4.78, 5) is 16.7. The maximum atomic E-state index is 13.0. The van der Waals surface area contributed by atoms with Gasteiger partial charge in [-0.1, -0.05) is 46.3 Å². The molecule has 1 atom stereocenters. The van der Waals surface area contributed by atoms with E-state index in [0.29, 0.717) is 11.3 Å². The molecule has 1 amide bonds. The zero-order valence-corrected chi connectivity index (χ0v) is 19.3. The average molecular weight is 500 g/mol. The van der Waals surface area contributed by atoms with Crippen molar-refractivity contribution < 1.29 is 14.6 Å². The highest BCUT2D eigenvalue weighted by Gasteiger charge is 2.34. The Bertz CT molecular complexity index is 1150. The van der Waals surface area contributed by atoms with Gasteiger partial charge in [0.25, 0.3) is 5.91 Å². The van der Waals surface area contributed by atoms with Crippen LogP contribution in [0.25, 0.3) is 0 Å². The fourth-order valence-electron chi connectivity index (χ4n) is 4.27. The van der Waals surface area contributed by atoms with E-state index in [2.05, 4.69) is 55.7 Å². The van der Waals surface area contributed by atoms with Gasteiger partial charge >= 0.3 is 0 Å². The molecule has 2 aliphatic rings. The number of rotatable bonds is 4. The number of carbonyl (C=O) groups excluding carboxylic acids is 1. The number of benzene rings is 2. The molecule has 0 radical (unpaired) electrons. The lowest BCUT2D eigenvalue weighted by molar-refractivity contribution is 0.0934. The smallest absolute Gasteiger partial charge is 0.256 e. The van der Waals surface area contributed by atoms with Crippen LogP contribution in [0.1, 0.15) is 38.1 Å². The molecule has 0 saturated heterocycles. The summed E-state index contributed by atoms with van der Waals surface area (Å²) in [6.45, 7) is 2.65. The van der Waals surface area contributed by atoms with E-state index in [9.17, 15) is 9.90 Å². The molecule has 0 saturated carbocycles. The van der Waals surface area contributed by atoms with Crippen molar-refractivity contribution in [1.82, 2.24) is 10.2 Å². The van der Waals surface area contributed by atoms with Crippen molar-refractivity contribution in [2.45, 2.75) is 25.7 Å². The topological polar surface area (TPSA) is 73.8 Å². The number of thiophene rings is 1. The summed E-state index contributed by atoms with van der Waals surface area (Å²) in [5.41, 5.74) is 3.74. The molecule has 0 fully saturated rings. The number of halogens is 1. The fourth-order valence-corrected chi connectivity index (χ4v) is 6.04. The lowest BCUT2D eigenvalue weighted by atomic mass is 9.99. The van der Waals surface area contributed by atoms with Crippen molar-refractivity contribution >= 4 is 38.2 Å². The van der Waals surface area contributed by atoms with Crippen molar-refractivity contribution in [2.24, 2.45) is 0 Å². The third kappa shape index (κ3) is 3.79. The number of amides is 1. The van der Waals surface area contributed by atoms with Crippen molar-refractivity contribution in [3.05, 3.63) is 74.1 Å². The second kappa shape index (κ2) is 8.18. The third-order valence-electron chi connectivity index (χ3n) is 5.76. The van der Waals surface area contributed by atoms with E-state index in [1.165, 1.54) is 17.6 Å². The number of phenolic OH excluding ortho intramolecular Hbond substituents is 1. The Morgan fingerprint density at radius 3 is 2.84 bits per heavy atom. The van der Waals surface area contributed by atoms with Crippen molar-refractivity contribution in [3.63, 3.8) is 0 Å². The van der Waals surface area contributed by atoms with E-state index in [-0.39, 0.29) is 11.7 Å². The molecule has 0 aliphatic carbocycles. The number of methoxy groups -OCH3 is 1. The first kappa shape index (κ1) is 20.4. The second-order valence-electron chi connectivity index (χ2n) is 7.75. The van der Waals surface area contributed by atoms with Crippen LogP contribution < -0.4 is 15.4 Å². The van der Waals surface area contributed by atoms with Gasteiger partial charge in [-0.3, -0.25) is 9.69 Å². The van der Waals surface area contributed by atoms with Crippen LogP contribution in [0.4, 0.5) is 5.00 Å². The van der Waals surface area contributed by atoms with E-state index in [4.69, 9.17) is 4.74 Å². The van der Waals surface area contributed by atoms with Gasteiger partial charge < -0.3 is 20.5 Å². The van der Waals surface area contributed by atoms with Crippen LogP contribution in [-0.2, 0) is 19.5 Å². The molecule has 1 aromatic heterocycles. The number of hydrogen-bond donors (Lipinski definition) is 3. The molecular formula is C23H22BrN3O3S. The molecule has 2 aromatic carbocycles. The molecule has 1 unspecified atom stereocenters. The Labute approximate surface area is 193 Å². The lowest BCUT2D eigenvalue weighted by Crippen LogP contribution is -2.39. The number of anilines is 1. The quantitative estimate of drug-likeness (QED) is 0.487. The summed E-state index contributed by atoms with van der Waals surface area (Å²) in [7, 11) is 1.50. The van der Waals surface area contributed by atoms with Gasteiger partial charge in [0.05, 0.1) is 12.7 Å². The molecule has 3 N–H and O–H groups in total. The number of hydrogen-bond acceptors (Lipinski definition) is 6. The Hall–Kier alpha value is -2.55. The van der Waals surface area contributed by atoms with Crippen LogP contribution in [0.3, 0.4) is 0 Å². The summed E-state index contributed by atoms with van der Waals surface area (Å²) < 4.78 is 6.02.